The van der Waals surface area contributed by atoms with Crippen molar-refractivity contribution < 1.29 is 27.8 Å². The normalized spacial score (nSPS) is 19.5. The zero-order chi connectivity index (χ0) is 23.5. The van der Waals surface area contributed by atoms with Crippen LogP contribution in [0.2, 0.25) is 5.02 Å². The molecule has 1 aliphatic heterocycles. The van der Waals surface area contributed by atoms with E-state index in [-0.39, 0.29) is 11.3 Å². The number of aliphatic hydroxyl groups is 1. The molecule has 3 unspecified atom stereocenters. The van der Waals surface area contributed by atoms with Crippen molar-refractivity contribution in [2.45, 2.75) is 22.3 Å². The number of carbonyl (C=O) groups is 1. The van der Waals surface area contributed by atoms with Gasteiger partial charge in [-0.15, -0.1) is 0 Å². The lowest BCUT2D eigenvalue weighted by Crippen LogP contribution is -2.51. The predicted molar refractivity (Wildman–Crippen MR) is 122 cm³/mol. The van der Waals surface area contributed by atoms with Crippen molar-refractivity contribution in [3.05, 3.63) is 65.2 Å². The summed E-state index contributed by atoms with van der Waals surface area (Å²) < 4.78 is 37.2. The van der Waals surface area contributed by atoms with E-state index in [1.807, 2.05) is 0 Å². The Kier molecular flexibility index (Phi) is 6.92. The van der Waals surface area contributed by atoms with Gasteiger partial charge < -0.3 is 20.3 Å². The first kappa shape index (κ1) is 23.8. The summed E-state index contributed by atoms with van der Waals surface area (Å²) in [7, 11) is -1.65. The van der Waals surface area contributed by atoms with Gasteiger partial charge >= 0.3 is 5.97 Å². The van der Waals surface area contributed by atoms with Gasteiger partial charge in [0.25, 0.3) is 0 Å². The van der Waals surface area contributed by atoms with Gasteiger partial charge in [-0.1, -0.05) is 17.7 Å². The maximum Gasteiger partial charge on any atom is 0.311 e. The Bertz CT molecular complexity index is 1150. The number of benzene rings is 2. The molecule has 1 heterocycles. The van der Waals surface area contributed by atoms with Crippen molar-refractivity contribution in [1.29, 1.82) is 0 Å². The van der Waals surface area contributed by atoms with E-state index in [0.29, 0.717) is 22.0 Å². The smallest absolute Gasteiger partial charge is 0.311 e. The molecule has 8 nitrogen and oxygen atoms in total. The second kappa shape index (κ2) is 9.32. The molecule has 2 aromatic carbocycles. The minimum Gasteiger partial charge on any atom is -0.497 e. The standard InChI is InChI=1S/C22H23ClN2O6S/c1-30-16-6-8-17(9-7-16)32(28,29)22(10-3-11-25-22)20(26)18(21(27)31-2)12-14-4-5-15(23)13-19(14)24/h3-11,13,18,20,26H,12,24H2,1-2H3. The molecule has 3 N–H and O–H groups in total. The van der Waals surface area contributed by atoms with Gasteiger partial charge in [-0.25, -0.2) is 8.42 Å². The Morgan fingerprint density at radius 3 is 2.44 bits per heavy atom. The zero-order valence-electron chi connectivity index (χ0n) is 17.4. The Balaban J connectivity index is 2.06. The molecule has 32 heavy (non-hydrogen) atoms. The van der Waals surface area contributed by atoms with Crippen molar-refractivity contribution >= 4 is 39.3 Å². The number of methoxy groups -OCH3 is 2. The van der Waals surface area contributed by atoms with Gasteiger partial charge in [-0.3, -0.25) is 9.79 Å². The summed E-state index contributed by atoms with van der Waals surface area (Å²) in [6, 6.07) is 10.4. The molecule has 170 valence electrons. The number of halogens is 1. The lowest BCUT2D eigenvalue weighted by atomic mass is 9.89. The molecule has 3 atom stereocenters. The van der Waals surface area contributed by atoms with Crippen LogP contribution in [0.3, 0.4) is 0 Å². The number of nitrogens with two attached hydrogens (primary N) is 1. The molecule has 1 aliphatic rings. The highest BCUT2D eigenvalue weighted by Gasteiger charge is 2.54. The molecule has 0 aromatic heterocycles. The molecule has 10 heteroatoms. The molecule has 2 aromatic rings. The number of aliphatic hydroxyl groups excluding tert-OH is 1. The molecule has 0 bridgehead atoms. The van der Waals surface area contributed by atoms with Crippen LogP contribution < -0.4 is 10.5 Å². The first-order chi connectivity index (χ1) is 15.2. The van der Waals surface area contributed by atoms with E-state index in [2.05, 4.69) is 4.99 Å². The van der Waals surface area contributed by atoms with Crippen molar-refractivity contribution in [3.63, 3.8) is 0 Å². The molecule has 0 aliphatic carbocycles. The molecular formula is C22H23ClN2O6S. The van der Waals surface area contributed by atoms with Crippen molar-refractivity contribution in [1.82, 2.24) is 0 Å². The third-order valence-corrected chi connectivity index (χ3v) is 7.83. The van der Waals surface area contributed by atoms with Crippen LogP contribution in [-0.2, 0) is 25.8 Å². The van der Waals surface area contributed by atoms with Crippen LogP contribution in [0.5, 0.6) is 5.75 Å². The number of allylic oxidation sites excluding steroid dienone is 1. The van der Waals surface area contributed by atoms with E-state index in [9.17, 15) is 18.3 Å². The number of nitrogens with zero attached hydrogens (tertiary/aromatic N) is 1. The summed E-state index contributed by atoms with van der Waals surface area (Å²) in [5.74, 6) is -1.61. The highest BCUT2D eigenvalue weighted by Crippen LogP contribution is 2.39. The summed E-state index contributed by atoms with van der Waals surface area (Å²) in [5.41, 5.74) is 6.82. The summed E-state index contributed by atoms with van der Waals surface area (Å²) in [5, 5.41) is 11.7. The van der Waals surface area contributed by atoms with Gasteiger partial charge in [0.15, 0.2) is 0 Å². The number of hydrogen-bond donors (Lipinski definition) is 2. The van der Waals surface area contributed by atoms with E-state index < -0.39 is 32.7 Å². The van der Waals surface area contributed by atoms with Crippen LogP contribution in [0.25, 0.3) is 0 Å². The first-order valence-electron chi connectivity index (χ1n) is 9.58. The average Bonchev–Trinajstić information content (AvgIpc) is 3.29. The zero-order valence-corrected chi connectivity index (χ0v) is 19.0. The van der Waals surface area contributed by atoms with Gasteiger partial charge in [0.1, 0.15) is 11.9 Å². The molecule has 3 rings (SSSR count). The number of hydrogen-bond acceptors (Lipinski definition) is 8. The second-order valence-electron chi connectivity index (χ2n) is 7.19. The number of carbonyl (C=O) groups excluding carboxylic acids is 1. The quantitative estimate of drug-likeness (QED) is 0.440. The van der Waals surface area contributed by atoms with Crippen LogP contribution in [0, 0.1) is 5.92 Å². The van der Waals surface area contributed by atoms with E-state index in [1.165, 1.54) is 55.8 Å². The number of esters is 1. The topological polar surface area (TPSA) is 128 Å². The van der Waals surface area contributed by atoms with Crippen molar-refractivity contribution in [2.75, 3.05) is 20.0 Å². The summed E-state index contributed by atoms with van der Waals surface area (Å²) in [4.78, 5) is 14.5. The third kappa shape index (κ3) is 4.23. The van der Waals surface area contributed by atoms with Crippen molar-refractivity contribution in [3.8, 4) is 5.75 Å². The van der Waals surface area contributed by atoms with E-state index in [0.717, 1.165) is 7.11 Å². The number of ether oxygens (including phenoxy) is 2. The fourth-order valence-corrected chi connectivity index (χ4v) is 5.56. The van der Waals surface area contributed by atoms with Crippen LogP contribution >= 0.6 is 11.6 Å². The highest BCUT2D eigenvalue weighted by molar-refractivity contribution is 7.93. The largest absolute Gasteiger partial charge is 0.497 e. The first-order valence-corrected chi connectivity index (χ1v) is 11.4. The highest BCUT2D eigenvalue weighted by atomic mass is 35.5. The summed E-state index contributed by atoms with van der Waals surface area (Å²) >= 11 is 5.94. The van der Waals surface area contributed by atoms with Gasteiger partial charge in [0, 0.05) is 16.9 Å². The fourth-order valence-electron chi connectivity index (χ4n) is 3.57. The molecule has 0 saturated heterocycles. The Hall–Kier alpha value is -2.88. The van der Waals surface area contributed by atoms with Gasteiger partial charge in [-0.2, -0.15) is 0 Å². The molecule has 0 saturated carbocycles. The lowest BCUT2D eigenvalue weighted by Gasteiger charge is -2.33. The number of sulfone groups is 1. The molecule has 0 amide bonds. The van der Waals surface area contributed by atoms with E-state index in [1.54, 1.807) is 12.1 Å². The molecule has 0 fully saturated rings. The van der Waals surface area contributed by atoms with Gasteiger partial charge in [0.2, 0.25) is 14.7 Å². The number of aliphatic imine (C=N–C) groups is 1. The van der Waals surface area contributed by atoms with Crippen LogP contribution in [-0.4, -0.2) is 50.9 Å². The Labute approximate surface area is 191 Å². The minimum absolute atomic E-state index is 0.0832. The van der Waals surface area contributed by atoms with E-state index >= 15 is 0 Å². The monoisotopic (exact) mass is 478 g/mol. The lowest BCUT2D eigenvalue weighted by molar-refractivity contribution is -0.150. The number of nitrogen functional groups attached to an aromatic ring is 1. The maximum atomic E-state index is 13.6. The minimum atomic E-state index is -4.27. The SMILES string of the molecule is COC(=O)C(Cc1ccc(Cl)cc1N)C(O)C1(S(=O)(=O)c2ccc(OC)cc2)C=CC=N1. The number of anilines is 1. The van der Waals surface area contributed by atoms with Crippen LogP contribution in [0.4, 0.5) is 5.69 Å². The molecule has 0 radical (unpaired) electrons. The maximum absolute atomic E-state index is 13.6. The van der Waals surface area contributed by atoms with Crippen molar-refractivity contribution in [2.24, 2.45) is 10.9 Å². The third-order valence-electron chi connectivity index (χ3n) is 5.35. The van der Waals surface area contributed by atoms with Crippen LogP contribution in [0.1, 0.15) is 5.56 Å². The molecular weight excluding hydrogens is 456 g/mol. The number of rotatable bonds is 8. The fraction of sp³-hybridized carbons (Fsp3) is 0.273. The van der Waals surface area contributed by atoms with Gasteiger partial charge in [0.05, 0.1) is 25.0 Å². The van der Waals surface area contributed by atoms with Crippen LogP contribution in [0.15, 0.2) is 64.5 Å². The predicted octanol–water partition coefficient (Wildman–Crippen LogP) is 2.43. The Morgan fingerprint density at radius 1 is 1.22 bits per heavy atom. The summed E-state index contributed by atoms with van der Waals surface area (Å²) in [6.07, 6.45) is 2.09. The average molecular weight is 479 g/mol. The molecule has 0 spiro atoms. The second-order valence-corrected chi connectivity index (χ2v) is 9.76. The summed E-state index contributed by atoms with van der Waals surface area (Å²) in [6.45, 7) is 0. The van der Waals surface area contributed by atoms with E-state index in [4.69, 9.17) is 26.8 Å². The Morgan fingerprint density at radius 2 is 1.91 bits per heavy atom. The van der Waals surface area contributed by atoms with Gasteiger partial charge in [-0.05, 0) is 60.5 Å².